The van der Waals surface area contributed by atoms with Crippen LogP contribution in [0, 0.1) is 10.1 Å². The number of nitrogens with one attached hydrogen (secondary N) is 2. The fraction of sp³-hybridized carbons (Fsp3) is 0.167. The fourth-order valence-electron chi connectivity index (χ4n) is 2.26. The van der Waals surface area contributed by atoms with Gasteiger partial charge in [-0.2, -0.15) is 0 Å². The number of cyclic esters (lactones) is 1. The number of hydrogen-bond donors (Lipinski definition) is 2. The van der Waals surface area contributed by atoms with Gasteiger partial charge in [0.15, 0.2) is 0 Å². The highest BCUT2D eigenvalue weighted by Gasteiger charge is 2.38. The smallest absolute Gasteiger partial charge is 0.338 e. The Hall–Kier alpha value is -2.90. The van der Waals surface area contributed by atoms with Crippen molar-refractivity contribution < 1.29 is 19.2 Å². The van der Waals surface area contributed by atoms with E-state index in [1.807, 2.05) is 0 Å². The van der Waals surface area contributed by atoms with Gasteiger partial charge >= 0.3 is 12.0 Å². The Bertz CT molecular complexity index is 667. The largest absolute Gasteiger partial charge is 0.456 e. The minimum absolute atomic E-state index is 0.00696. The van der Waals surface area contributed by atoms with E-state index in [0.29, 0.717) is 11.3 Å². The summed E-state index contributed by atoms with van der Waals surface area (Å²) in [6, 6.07) is 4.57. The number of hydrogen-bond acceptors (Lipinski definition) is 5. The number of urea groups is 1. The quantitative estimate of drug-likeness (QED) is 0.470. The second kappa shape index (κ2) is 4.34. The van der Waals surface area contributed by atoms with E-state index in [9.17, 15) is 19.7 Å². The molecule has 0 aromatic heterocycles. The van der Waals surface area contributed by atoms with Gasteiger partial charge in [0.05, 0.1) is 22.2 Å². The highest BCUT2D eigenvalue weighted by molar-refractivity contribution is 5.97. The maximum absolute atomic E-state index is 11.7. The van der Waals surface area contributed by atoms with Crippen molar-refractivity contribution >= 4 is 17.7 Å². The van der Waals surface area contributed by atoms with E-state index in [2.05, 4.69) is 10.6 Å². The summed E-state index contributed by atoms with van der Waals surface area (Å²) in [5, 5.41) is 15.9. The van der Waals surface area contributed by atoms with E-state index < -0.39 is 23.0 Å². The first-order chi connectivity index (χ1) is 9.56. The van der Waals surface area contributed by atoms with E-state index in [4.69, 9.17) is 4.74 Å². The second-order valence-corrected chi connectivity index (χ2v) is 4.35. The summed E-state index contributed by atoms with van der Waals surface area (Å²) in [6.45, 7) is 0.00696. The summed E-state index contributed by atoms with van der Waals surface area (Å²) in [7, 11) is 0. The van der Waals surface area contributed by atoms with Crippen molar-refractivity contribution in [1.82, 2.24) is 10.6 Å². The summed E-state index contributed by atoms with van der Waals surface area (Å²) in [4.78, 5) is 33.5. The van der Waals surface area contributed by atoms with E-state index in [-0.39, 0.29) is 17.9 Å². The lowest BCUT2D eigenvalue weighted by molar-refractivity contribution is -0.384. The number of nitro groups is 1. The molecule has 3 rings (SSSR count). The van der Waals surface area contributed by atoms with Crippen LogP contribution in [0.4, 0.5) is 10.5 Å². The lowest BCUT2D eigenvalue weighted by Gasteiger charge is -2.24. The van der Waals surface area contributed by atoms with Crippen LogP contribution in [0.3, 0.4) is 0 Å². The molecule has 1 atom stereocenters. The minimum atomic E-state index is -0.742. The monoisotopic (exact) mass is 275 g/mol. The van der Waals surface area contributed by atoms with Gasteiger partial charge in [-0.1, -0.05) is 12.1 Å². The fourth-order valence-corrected chi connectivity index (χ4v) is 2.26. The predicted octanol–water partition coefficient (Wildman–Crippen LogP) is 0.760. The number of benzene rings is 1. The summed E-state index contributed by atoms with van der Waals surface area (Å²) in [5.74, 6) is -0.538. The zero-order chi connectivity index (χ0) is 14.3. The van der Waals surface area contributed by atoms with Crippen molar-refractivity contribution in [2.45, 2.75) is 6.04 Å². The predicted molar refractivity (Wildman–Crippen MR) is 65.5 cm³/mol. The molecule has 2 N–H and O–H groups in total. The molecule has 102 valence electrons. The van der Waals surface area contributed by atoms with Gasteiger partial charge in [0.25, 0.3) is 5.69 Å². The van der Waals surface area contributed by atoms with Gasteiger partial charge in [-0.15, -0.1) is 0 Å². The minimum Gasteiger partial charge on any atom is -0.456 e. The van der Waals surface area contributed by atoms with Crippen molar-refractivity contribution in [2.24, 2.45) is 0 Å². The number of non-ortho nitro benzene ring substituents is 1. The zero-order valence-corrected chi connectivity index (χ0v) is 10.1. The Balaban J connectivity index is 2.06. The van der Waals surface area contributed by atoms with Crippen molar-refractivity contribution in [1.29, 1.82) is 0 Å². The summed E-state index contributed by atoms with van der Waals surface area (Å²) in [5.41, 5.74) is 1.03. The van der Waals surface area contributed by atoms with Gasteiger partial charge in [-0.3, -0.25) is 10.1 Å². The second-order valence-electron chi connectivity index (χ2n) is 4.35. The lowest BCUT2D eigenvalue weighted by atomic mass is 9.96. The Morgan fingerprint density at radius 3 is 2.90 bits per heavy atom. The molecule has 0 saturated carbocycles. The standard InChI is InChI=1S/C12H9N3O5/c16-11-9-8(5-20-11)13-12(17)14-10(9)6-2-1-3-7(4-6)15(18)19/h1-4,10H,5H2,(H2,13,14,17). The van der Waals surface area contributed by atoms with E-state index >= 15 is 0 Å². The van der Waals surface area contributed by atoms with Gasteiger partial charge in [-0.05, 0) is 5.56 Å². The molecular formula is C12H9N3O5. The molecule has 0 saturated heterocycles. The van der Waals surface area contributed by atoms with E-state index in [1.165, 1.54) is 18.2 Å². The lowest BCUT2D eigenvalue weighted by Crippen LogP contribution is -2.44. The number of nitro benzene ring substituents is 1. The van der Waals surface area contributed by atoms with Crippen molar-refractivity contribution in [2.75, 3.05) is 6.61 Å². The molecule has 20 heavy (non-hydrogen) atoms. The summed E-state index contributed by atoms with van der Waals surface area (Å²) >= 11 is 0. The average Bonchev–Trinajstić information content (AvgIpc) is 2.79. The first-order valence-electron chi connectivity index (χ1n) is 5.78. The van der Waals surface area contributed by atoms with Crippen LogP contribution in [-0.4, -0.2) is 23.5 Å². The molecule has 1 aromatic carbocycles. The molecule has 2 heterocycles. The van der Waals surface area contributed by atoms with E-state index in [0.717, 1.165) is 0 Å². The third-order valence-electron chi connectivity index (χ3n) is 3.14. The molecule has 2 aliphatic heterocycles. The van der Waals surface area contributed by atoms with Crippen molar-refractivity contribution in [3.8, 4) is 0 Å². The molecular weight excluding hydrogens is 266 g/mol. The molecule has 0 aliphatic carbocycles. The van der Waals surface area contributed by atoms with E-state index in [1.54, 1.807) is 6.07 Å². The number of amides is 2. The normalized spacial score (nSPS) is 20.9. The molecule has 2 amide bonds. The van der Waals surface area contributed by atoms with Crippen LogP contribution >= 0.6 is 0 Å². The molecule has 1 aromatic rings. The molecule has 0 fully saturated rings. The van der Waals surface area contributed by atoms with Crippen LogP contribution in [-0.2, 0) is 9.53 Å². The number of nitrogens with zero attached hydrogens (tertiary/aromatic N) is 1. The van der Waals surface area contributed by atoms with Crippen LogP contribution < -0.4 is 10.6 Å². The number of rotatable bonds is 2. The first kappa shape index (κ1) is 12.2. The molecule has 0 spiro atoms. The van der Waals surface area contributed by atoms with Crippen LogP contribution in [0.1, 0.15) is 11.6 Å². The van der Waals surface area contributed by atoms with Crippen LogP contribution in [0.25, 0.3) is 0 Å². The average molecular weight is 275 g/mol. The number of carbonyl (C=O) groups is 2. The Morgan fingerprint density at radius 1 is 1.35 bits per heavy atom. The highest BCUT2D eigenvalue weighted by atomic mass is 16.6. The summed E-state index contributed by atoms with van der Waals surface area (Å²) < 4.78 is 4.88. The SMILES string of the molecule is O=C1NC2=C(C(=O)OC2)C(c2cccc([N+](=O)[O-])c2)N1. The molecule has 8 heteroatoms. The topological polar surface area (TPSA) is 111 Å². The molecule has 0 bridgehead atoms. The Morgan fingerprint density at radius 2 is 2.15 bits per heavy atom. The third kappa shape index (κ3) is 1.87. The van der Waals surface area contributed by atoms with Crippen LogP contribution in [0.5, 0.6) is 0 Å². The molecule has 0 radical (unpaired) electrons. The number of carbonyl (C=O) groups excluding carboxylic acids is 2. The Kier molecular flexibility index (Phi) is 2.63. The maximum Gasteiger partial charge on any atom is 0.338 e. The van der Waals surface area contributed by atoms with Gasteiger partial charge in [0, 0.05) is 12.1 Å². The zero-order valence-electron chi connectivity index (χ0n) is 10.1. The highest BCUT2D eigenvalue weighted by Crippen LogP contribution is 2.32. The van der Waals surface area contributed by atoms with Gasteiger partial charge in [0.1, 0.15) is 6.61 Å². The molecule has 2 aliphatic rings. The van der Waals surface area contributed by atoms with Gasteiger partial charge in [-0.25, -0.2) is 9.59 Å². The van der Waals surface area contributed by atoms with Crippen molar-refractivity contribution in [3.63, 3.8) is 0 Å². The third-order valence-corrected chi connectivity index (χ3v) is 3.14. The van der Waals surface area contributed by atoms with Gasteiger partial charge < -0.3 is 15.4 Å². The first-order valence-corrected chi connectivity index (χ1v) is 5.78. The van der Waals surface area contributed by atoms with Crippen LogP contribution in [0.15, 0.2) is 35.5 Å². The van der Waals surface area contributed by atoms with Gasteiger partial charge in [0.2, 0.25) is 0 Å². The van der Waals surface area contributed by atoms with Crippen LogP contribution in [0.2, 0.25) is 0 Å². The molecule has 1 unspecified atom stereocenters. The Labute approximate surface area is 112 Å². The number of esters is 1. The van der Waals surface area contributed by atoms with Crippen molar-refractivity contribution in [3.05, 3.63) is 51.2 Å². The number of ether oxygens (including phenoxy) is 1. The summed E-state index contributed by atoms with van der Waals surface area (Å²) in [6.07, 6.45) is 0. The maximum atomic E-state index is 11.7. The molecule has 8 nitrogen and oxygen atoms in total.